The van der Waals surface area contributed by atoms with Crippen molar-refractivity contribution in [2.45, 2.75) is 32.3 Å². The highest BCUT2D eigenvalue weighted by Gasteiger charge is 2.21. The molecule has 1 atom stereocenters. The lowest BCUT2D eigenvalue weighted by Gasteiger charge is -2.14. The van der Waals surface area contributed by atoms with Gasteiger partial charge in [0.05, 0.1) is 6.54 Å². The van der Waals surface area contributed by atoms with Gasteiger partial charge in [-0.15, -0.1) is 0 Å². The van der Waals surface area contributed by atoms with Crippen LogP contribution in [0.5, 0.6) is 5.75 Å². The van der Waals surface area contributed by atoms with Crippen LogP contribution in [-0.4, -0.2) is 34.5 Å². The quantitative estimate of drug-likeness (QED) is 0.520. The molecule has 4 rings (SSSR count). The highest BCUT2D eigenvalue weighted by molar-refractivity contribution is 5.95. The lowest BCUT2D eigenvalue weighted by atomic mass is 10.1. The first-order valence-corrected chi connectivity index (χ1v) is 10.4. The van der Waals surface area contributed by atoms with Gasteiger partial charge in [0, 0.05) is 37.5 Å². The van der Waals surface area contributed by atoms with Gasteiger partial charge in [0.1, 0.15) is 18.5 Å². The molecule has 1 saturated heterocycles. The number of Topliss-reactive ketones (excluding diaryl/α,β-unsaturated/α-hetero) is 1. The van der Waals surface area contributed by atoms with Crippen molar-refractivity contribution in [1.82, 2.24) is 9.47 Å². The summed E-state index contributed by atoms with van der Waals surface area (Å²) in [5.74, 6) is 0.330. The number of hydrogen-bond acceptors (Lipinski definition) is 4. The molecule has 0 unspecified atom stereocenters. The van der Waals surface area contributed by atoms with E-state index in [2.05, 4.69) is 4.90 Å². The van der Waals surface area contributed by atoms with E-state index in [1.165, 1.54) is 10.6 Å². The predicted molar refractivity (Wildman–Crippen MR) is 117 cm³/mol. The van der Waals surface area contributed by atoms with Gasteiger partial charge in [0.15, 0.2) is 5.78 Å². The smallest absolute Gasteiger partial charge is 0.254 e. The van der Waals surface area contributed by atoms with Crippen LogP contribution in [0.4, 0.5) is 4.39 Å². The monoisotopic (exact) mass is 420 g/mol. The van der Waals surface area contributed by atoms with E-state index in [1.54, 1.807) is 24.4 Å². The van der Waals surface area contributed by atoms with Crippen LogP contribution in [0.15, 0.2) is 77.7 Å². The summed E-state index contributed by atoms with van der Waals surface area (Å²) in [6.07, 6.45) is 1.42. The minimum Gasteiger partial charge on any atom is -0.489 e. The predicted octanol–water partition coefficient (Wildman–Crippen LogP) is 3.85. The van der Waals surface area contributed by atoms with Gasteiger partial charge in [-0.1, -0.05) is 54.6 Å². The number of aromatic nitrogens is 1. The van der Waals surface area contributed by atoms with Crippen LogP contribution in [0.3, 0.4) is 0 Å². The van der Waals surface area contributed by atoms with E-state index in [4.69, 9.17) is 4.74 Å². The summed E-state index contributed by atoms with van der Waals surface area (Å²) in [6.45, 7) is 2.25. The molecule has 2 aromatic carbocycles. The largest absolute Gasteiger partial charge is 0.489 e. The average molecular weight is 420 g/mol. The van der Waals surface area contributed by atoms with E-state index >= 15 is 0 Å². The third kappa shape index (κ3) is 5.67. The topological polar surface area (TPSA) is 51.5 Å². The molecule has 3 aromatic rings. The maximum atomic E-state index is 13.3. The molecule has 0 spiro atoms. The van der Waals surface area contributed by atoms with Crippen molar-refractivity contribution in [3.8, 4) is 5.75 Å². The minimum absolute atomic E-state index is 0.0349. The minimum atomic E-state index is -0.741. The molecule has 160 valence electrons. The van der Waals surface area contributed by atoms with Crippen LogP contribution >= 0.6 is 0 Å². The zero-order chi connectivity index (χ0) is 21.6. The lowest BCUT2D eigenvalue weighted by Crippen LogP contribution is -2.23. The van der Waals surface area contributed by atoms with Crippen LogP contribution in [0.25, 0.3) is 0 Å². The lowest BCUT2D eigenvalue weighted by molar-refractivity contribution is 0.0970. The highest BCUT2D eigenvalue weighted by atomic mass is 19.1. The van der Waals surface area contributed by atoms with Crippen molar-refractivity contribution in [1.29, 1.82) is 0 Å². The molecular formula is C25H25FN2O3. The van der Waals surface area contributed by atoms with Gasteiger partial charge >= 0.3 is 0 Å². The van der Waals surface area contributed by atoms with Gasteiger partial charge in [-0.05, 0) is 23.6 Å². The molecule has 0 bridgehead atoms. The number of carbonyl (C=O) groups excluding carboxylic acids is 1. The number of likely N-dealkylation sites (tertiary alicyclic amines) is 1. The number of benzene rings is 2. The Morgan fingerprint density at radius 3 is 2.48 bits per heavy atom. The van der Waals surface area contributed by atoms with E-state index in [1.807, 2.05) is 42.5 Å². The number of pyridine rings is 1. The summed E-state index contributed by atoms with van der Waals surface area (Å²) in [7, 11) is 0. The summed E-state index contributed by atoms with van der Waals surface area (Å²) < 4.78 is 20.3. The molecule has 0 saturated carbocycles. The first-order chi connectivity index (χ1) is 15.1. The number of ketones is 1. The molecule has 1 aliphatic heterocycles. The molecular weight excluding hydrogens is 395 g/mol. The highest BCUT2D eigenvalue weighted by Crippen LogP contribution is 2.16. The third-order valence-electron chi connectivity index (χ3n) is 5.43. The van der Waals surface area contributed by atoms with E-state index in [9.17, 15) is 14.0 Å². The number of rotatable bonds is 8. The van der Waals surface area contributed by atoms with Crippen molar-refractivity contribution < 1.29 is 13.9 Å². The molecule has 0 amide bonds. The Bertz CT molecular complexity index is 1080. The molecule has 0 N–H and O–H groups in total. The zero-order valence-electron chi connectivity index (χ0n) is 17.2. The van der Waals surface area contributed by atoms with Gasteiger partial charge in [-0.3, -0.25) is 14.5 Å². The Hall–Kier alpha value is -3.25. The number of ether oxygens (including phenoxy) is 1. The Balaban J connectivity index is 1.34. The fourth-order valence-corrected chi connectivity index (χ4v) is 3.68. The van der Waals surface area contributed by atoms with E-state index < -0.39 is 6.17 Å². The molecule has 2 heterocycles. The molecule has 0 aliphatic carbocycles. The van der Waals surface area contributed by atoms with Crippen molar-refractivity contribution in [2.75, 3.05) is 13.1 Å². The van der Waals surface area contributed by atoms with Crippen molar-refractivity contribution >= 4 is 5.78 Å². The van der Waals surface area contributed by atoms with E-state index in [0.717, 1.165) is 17.7 Å². The number of nitrogens with zero attached hydrogens (tertiary/aromatic N) is 2. The Labute approximate surface area is 180 Å². The second kappa shape index (κ2) is 9.71. The number of carbonyl (C=O) groups is 1. The van der Waals surface area contributed by atoms with Crippen LogP contribution in [0.2, 0.25) is 0 Å². The summed E-state index contributed by atoms with van der Waals surface area (Å²) >= 11 is 0. The standard InChI is InChI=1S/C25H25FN2O3/c26-22-10-12-27(16-22)15-19-6-8-21(9-7-19)24(29)17-28-13-11-23(14-25(28)30)31-18-20-4-2-1-3-5-20/h1-9,11,13-14,22H,10,12,15-18H2/t22-/m1/s1. The van der Waals surface area contributed by atoms with Crippen LogP contribution in [0, 0.1) is 0 Å². The first-order valence-electron chi connectivity index (χ1n) is 10.4. The molecule has 1 aliphatic rings. The Morgan fingerprint density at radius 1 is 1.03 bits per heavy atom. The van der Waals surface area contributed by atoms with Gasteiger partial charge in [0.2, 0.25) is 0 Å². The van der Waals surface area contributed by atoms with E-state index in [0.29, 0.717) is 37.4 Å². The fraction of sp³-hybridized carbons (Fsp3) is 0.280. The van der Waals surface area contributed by atoms with Gasteiger partial charge in [0.25, 0.3) is 5.56 Å². The van der Waals surface area contributed by atoms with Gasteiger partial charge in [-0.25, -0.2) is 4.39 Å². The van der Waals surface area contributed by atoms with Crippen molar-refractivity contribution in [3.05, 3.63) is 100.0 Å². The van der Waals surface area contributed by atoms with Crippen LogP contribution in [-0.2, 0) is 19.7 Å². The Kier molecular flexibility index (Phi) is 6.57. The summed E-state index contributed by atoms with van der Waals surface area (Å²) in [6, 6.07) is 20.1. The summed E-state index contributed by atoms with van der Waals surface area (Å²) in [5, 5.41) is 0. The number of halogens is 1. The maximum absolute atomic E-state index is 13.3. The number of hydrogen-bond donors (Lipinski definition) is 0. The molecule has 5 nitrogen and oxygen atoms in total. The normalized spacial score (nSPS) is 16.4. The third-order valence-corrected chi connectivity index (χ3v) is 5.43. The molecule has 31 heavy (non-hydrogen) atoms. The summed E-state index contributed by atoms with van der Waals surface area (Å²) in [5.41, 5.74) is 2.32. The maximum Gasteiger partial charge on any atom is 0.254 e. The van der Waals surface area contributed by atoms with Crippen LogP contribution < -0.4 is 10.3 Å². The van der Waals surface area contributed by atoms with Gasteiger partial charge < -0.3 is 9.30 Å². The number of alkyl halides is 1. The Morgan fingerprint density at radius 2 is 1.81 bits per heavy atom. The average Bonchev–Trinajstić information content (AvgIpc) is 3.19. The zero-order valence-corrected chi connectivity index (χ0v) is 17.2. The molecule has 1 aromatic heterocycles. The first kappa shape index (κ1) is 21.0. The second-order valence-electron chi connectivity index (χ2n) is 7.84. The molecule has 0 radical (unpaired) electrons. The molecule has 1 fully saturated rings. The summed E-state index contributed by atoms with van der Waals surface area (Å²) in [4.78, 5) is 27.1. The second-order valence-corrected chi connectivity index (χ2v) is 7.84. The molecule has 6 heteroatoms. The SMILES string of the molecule is O=C(Cn1ccc(OCc2ccccc2)cc1=O)c1ccc(CN2CC[C@@H](F)C2)cc1. The van der Waals surface area contributed by atoms with E-state index in [-0.39, 0.29) is 17.9 Å². The van der Waals surface area contributed by atoms with Crippen molar-refractivity contribution in [3.63, 3.8) is 0 Å². The van der Waals surface area contributed by atoms with Crippen LogP contribution in [0.1, 0.15) is 27.9 Å². The fourth-order valence-electron chi connectivity index (χ4n) is 3.68. The van der Waals surface area contributed by atoms with Gasteiger partial charge in [-0.2, -0.15) is 0 Å². The van der Waals surface area contributed by atoms with Crippen molar-refractivity contribution in [2.24, 2.45) is 0 Å².